The van der Waals surface area contributed by atoms with E-state index in [9.17, 15) is 0 Å². The summed E-state index contributed by atoms with van der Waals surface area (Å²) in [5, 5.41) is 3.54. The molecule has 0 bridgehead atoms. The predicted molar refractivity (Wildman–Crippen MR) is 76.4 cm³/mol. The summed E-state index contributed by atoms with van der Waals surface area (Å²) in [5.74, 6) is 1.36. The summed E-state index contributed by atoms with van der Waals surface area (Å²) in [5.41, 5.74) is 1.47. The minimum atomic E-state index is 0.586. The Bertz CT molecular complexity index is 294. The zero-order valence-electron chi connectivity index (χ0n) is 11.7. The molecular weight excluding hydrogens is 206 g/mol. The van der Waals surface area contributed by atoms with Crippen molar-refractivity contribution >= 4 is 0 Å². The van der Waals surface area contributed by atoms with E-state index in [0.29, 0.717) is 12.0 Å². The van der Waals surface area contributed by atoms with Crippen molar-refractivity contribution in [3.8, 4) is 0 Å². The van der Waals surface area contributed by atoms with Gasteiger partial charge in [-0.25, -0.2) is 0 Å². The van der Waals surface area contributed by atoms with Crippen LogP contribution in [-0.2, 0) is 0 Å². The van der Waals surface area contributed by atoms with Gasteiger partial charge in [0, 0.05) is 6.04 Å². The highest BCUT2D eigenvalue weighted by atomic mass is 14.9. The van der Waals surface area contributed by atoms with Crippen LogP contribution in [0.15, 0.2) is 30.3 Å². The zero-order valence-corrected chi connectivity index (χ0v) is 11.7. The van der Waals surface area contributed by atoms with E-state index in [0.717, 1.165) is 5.92 Å². The van der Waals surface area contributed by atoms with Crippen LogP contribution in [0.5, 0.6) is 0 Å². The molecule has 0 aliphatic heterocycles. The first kappa shape index (κ1) is 14.2. The molecule has 3 unspecified atom stereocenters. The Balaban J connectivity index is 2.83. The highest BCUT2D eigenvalue weighted by Gasteiger charge is 2.24. The maximum Gasteiger partial charge on any atom is 0.0158 e. The van der Waals surface area contributed by atoms with Crippen molar-refractivity contribution in [2.75, 3.05) is 7.05 Å². The lowest BCUT2D eigenvalue weighted by Gasteiger charge is -2.31. The van der Waals surface area contributed by atoms with Crippen LogP contribution in [0.3, 0.4) is 0 Å². The van der Waals surface area contributed by atoms with Crippen LogP contribution in [0.4, 0.5) is 0 Å². The van der Waals surface area contributed by atoms with Gasteiger partial charge in [-0.3, -0.25) is 0 Å². The number of benzene rings is 1. The van der Waals surface area contributed by atoms with Gasteiger partial charge < -0.3 is 5.32 Å². The molecule has 1 rings (SSSR count). The quantitative estimate of drug-likeness (QED) is 0.744. The molecule has 1 aromatic carbocycles. The van der Waals surface area contributed by atoms with Crippen LogP contribution in [-0.4, -0.2) is 13.1 Å². The Morgan fingerprint density at radius 1 is 1.12 bits per heavy atom. The van der Waals surface area contributed by atoms with Crippen LogP contribution < -0.4 is 5.32 Å². The average Bonchev–Trinajstić information content (AvgIpc) is 2.37. The lowest BCUT2D eigenvalue weighted by atomic mass is 9.81. The van der Waals surface area contributed by atoms with Gasteiger partial charge in [0.2, 0.25) is 0 Å². The van der Waals surface area contributed by atoms with Crippen molar-refractivity contribution in [3.05, 3.63) is 35.9 Å². The van der Waals surface area contributed by atoms with Gasteiger partial charge in [0.15, 0.2) is 0 Å². The Morgan fingerprint density at radius 2 is 1.76 bits per heavy atom. The van der Waals surface area contributed by atoms with Crippen molar-refractivity contribution in [2.24, 2.45) is 5.92 Å². The third kappa shape index (κ3) is 3.85. The molecular formula is C16H27N. The fourth-order valence-corrected chi connectivity index (χ4v) is 2.91. The molecule has 0 aliphatic carbocycles. The second-order valence-corrected chi connectivity index (χ2v) is 5.01. The monoisotopic (exact) mass is 233 g/mol. The second kappa shape index (κ2) is 7.50. The fraction of sp³-hybridized carbons (Fsp3) is 0.625. The Hall–Kier alpha value is -0.820. The van der Waals surface area contributed by atoms with Gasteiger partial charge in [0.25, 0.3) is 0 Å². The van der Waals surface area contributed by atoms with E-state index >= 15 is 0 Å². The first-order chi connectivity index (χ1) is 8.24. The standard InChI is InChI=1S/C16H27N/c1-5-10-13(3)16(17-4)15(6-2)14-11-8-7-9-12-14/h7-9,11-13,15-17H,5-6,10H2,1-4H3. The SMILES string of the molecule is CCCC(C)C(NC)C(CC)c1ccccc1. The predicted octanol–water partition coefficient (Wildman–Crippen LogP) is 4.20. The van der Waals surface area contributed by atoms with Crippen molar-refractivity contribution < 1.29 is 0 Å². The molecule has 0 saturated heterocycles. The lowest BCUT2D eigenvalue weighted by molar-refractivity contribution is 0.318. The number of likely N-dealkylation sites (N-methyl/N-ethyl adjacent to an activating group) is 1. The molecule has 0 saturated carbocycles. The fourth-order valence-electron chi connectivity index (χ4n) is 2.91. The molecule has 0 aliphatic rings. The molecule has 0 heterocycles. The van der Waals surface area contributed by atoms with E-state index in [1.54, 1.807) is 0 Å². The molecule has 1 nitrogen and oxygen atoms in total. The summed E-state index contributed by atoms with van der Waals surface area (Å²) in [6, 6.07) is 11.5. The summed E-state index contributed by atoms with van der Waals surface area (Å²) in [6.07, 6.45) is 3.77. The van der Waals surface area contributed by atoms with Gasteiger partial charge in [0.1, 0.15) is 0 Å². The maximum absolute atomic E-state index is 3.54. The molecule has 1 aromatic rings. The number of hydrogen-bond acceptors (Lipinski definition) is 1. The average molecular weight is 233 g/mol. The molecule has 0 spiro atoms. The van der Waals surface area contributed by atoms with Crippen molar-refractivity contribution in [2.45, 2.75) is 52.0 Å². The van der Waals surface area contributed by atoms with Gasteiger partial charge in [-0.2, -0.15) is 0 Å². The molecule has 0 radical (unpaired) electrons. The Labute approximate surface area is 107 Å². The first-order valence-corrected chi connectivity index (χ1v) is 6.96. The van der Waals surface area contributed by atoms with Gasteiger partial charge in [-0.1, -0.05) is 57.5 Å². The summed E-state index contributed by atoms with van der Waals surface area (Å²) in [7, 11) is 2.10. The number of rotatable bonds is 7. The molecule has 0 amide bonds. The normalized spacial score (nSPS) is 16.5. The molecule has 96 valence electrons. The lowest BCUT2D eigenvalue weighted by Crippen LogP contribution is -2.37. The topological polar surface area (TPSA) is 12.0 Å². The second-order valence-electron chi connectivity index (χ2n) is 5.01. The third-order valence-electron chi connectivity index (χ3n) is 3.79. The minimum absolute atomic E-state index is 0.586. The Morgan fingerprint density at radius 3 is 2.24 bits per heavy atom. The molecule has 0 aromatic heterocycles. The van der Waals surface area contributed by atoms with Gasteiger partial charge in [-0.15, -0.1) is 0 Å². The first-order valence-electron chi connectivity index (χ1n) is 6.96. The van der Waals surface area contributed by atoms with E-state index in [1.807, 2.05) is 0 Å². The van der Waals surface area contributed by atoms with Crippen LogP contribution in [0, 0.1) is 5.92 Å². The highest BCUT2D eigenvalue weighted by Crippen LogP contribution is 2.29. The molecule has 3 atom stereocenters. The van der Waals surface area contributed by atoms with E-state index in [2.05, 4.69) is 63.5 Å². The maximum atomic E-state index is 3.54. The summed E-state index contributed by atoms with van der Waals surface area (Å²) in [4.78, 5) is 0. The zero-order chi connectivity index (χ0) is 12.7. The van der Waals surface area contributed by atoms with E-state index in [4.69, 9.17) is 0 Å². The molecule has 1 heteroatoms. The molecule has 0 fully saturated rings. The van der Waals surface area contributed by atoms with Gasteiger partial charge >= 0.3 is 0 Å². The van der Waals surface area contributed by atoms with Crippen molar-refractivity contribution in [1.82, 2.24) is 5.32 Å². The van der Waals surface area contributed by atoms with Gasteiger partial charge in [-0.05, 0) is 37.3 Å². The van der Waals surface area contributed by atoms with Crippen molar-refractivity contribution in [1.29, 1.82) is 0 Å². The van der Waals surface area contributed by atoms with E-state index in [-0.39, 0.29) is 0 Å². The van der Waals surface area contributed by atoms with Crippen LogP contribution >= 0.6 is 0 Å². The van der Waals surface area contributed by atoms with Crippen LogP contribution in [0.25, 0.3) is 0 Å². The van der Waals surface area contributed by atoms with E-state index < -0.39 is 0 Å². The largest absolute Gasteiger partial charge is 0.316 e. The van der Waals surface area contributed by atoms with Crippen LogP contribution in [0.2, 0.25) is 0 Å². The minimum Gasteiger partial charge on any atom is -0.316 e. The summed E-state index contributed by atoms with van der Waals surface area (Å²) < 4.78 is 0. The van der Waals surface area contributed by atoms with Crippen molar-refractivity contribution in [3.63, 3.8) is 0 Å². The smallest absolute Gasteiger partial charge is 0.0158 e. The number of hydrogen-bond donors (Lipinski definition) is 1. The summed E-state index contributed by atoms with van der Waals surface area (Å²) >= 11 is 0. The third-order valence-corrected chi connectivity index (χ3v) is 3.79. The molecule has 1 N–H and O–H groups in total. The highest BCUT2D eigenvalue weighted by molar-refractivity contribution is 5.21. The number of nitrogens with one attached hydrogen (secondary N) is 1. The van der Waals surface area contributed by atoms with E-state index in [1.165, 1.54) is 24.8 Å². The van der Waals surface area contributed by atoms with Gasteiger partial charge in [0.05, 0.1) is 0 Å². The molecule has 17 heavy (non-hydrogen) atoms. The Kier molecular flexibility index (Phi) is 6.28. The summed E-state index contributed by atoms with van der Waals surface area (Å²) in [6.45, 7) is 6.93. The van der Waals surface area contributed by atoms with Crippen LogP contribution in [0.1, 0.15) is 51.5 Å².